The molecule has 1 fully saturated rings. The summed E-state index contributed by atoms with van der Waals surface area (Å²) in [5.41, 5.74) is 1.92. The number of para-hydroxylation sites is 1. The first-order valence-electron chi connectivity index (χ1n) is 8.01. The molecule has 0 atom stereocenters. The van der Waals surface area contributed by atoms with Crippen molar-refractivity contribution < 1.29 is 9.53 Å². The zero-order valence-corrected chi connectivity index (χ0v) is 14.7. The molecule has 0 radical (unpaired) electrons. The number of carbonyl (C=O) groups excluding carboxylic acids is 1. The van der Waals surface area contributed by atoms with E-state index in [1.165, 1.54) is 0 Å². The van der Waals surface area contributed by atoms with Gasteiger partial charge in [-0.1, -0.05) is 23.7 Å². The summed E-state index contributed by atoms with van der Waals surface area (Å²) in [4.78, 5) is 16.6. The number of hydrogen-bond acceptors (Lipinski definition) is 4. The second-order valence-electron chi connectivity index (χ2n) is 5.76. The van der Waals surface area contributed by atoms with Crippen LogP contribution in [0.4, 0.5) is 5.69 Å². The molecule has 0 N–H and O–H groups in total. The fourth-order valence-corrected chi connectivity index (χ4v) is 3.29. The van der Waals surface area contributed by atoms with E-state index in [1.54, 1.807) is 37.4 Å². The lowest BCUT2D eigenvalue weighted by Gasteiger charge is -2.36. The first kappa shape index (κ1) is 17.1. The van der Waals surface area contributed by atoms with Gasteiger partial charge in [-0.25, -0.2) is 0 Å². The van der Waals surface area contributed by atoms with E-state index < -0.39 is 0 Å². The maximum atomic E-state index is 12.7. The summed E-state index contributed by atoms with van der Waals surface area (Å²) in [6.45, 7) is 2.42. The van der Waals surface area contributed by atoms with Crippen molar-refractivity contribution in [2.45, 2.75) is 0 Å². The first-order valence-corrected chi connectivity index (χ1v) is 8.38. The summed E-state index contributed by atoms with van der Waals surface area (Å²) in [5, 5.41) is 9.86. The van der Waals surface area contributed by atoms with Crippen molar-refractivity contribution in [3.05, 3.63) is 58.6 Å². The fourth-order valence-electron chi connectivity index (χ4n) is 3.00. The van der Waals surface area contributed by atoms with Crippen molar-refractivity contribution in [2.24, 2.45) is 0 Å². The van der Waals surface area contributed by atoms with E-state index in [4.69, 9.17) is 16.3 Å². The quantitative estimate of drug-likeness (QED) is 0.848. The highest BCUT2D eigenvalue weighted by Crippen LogP contribution is 2.30. The van der Waals surface area contributed by atoms with Crippen LogP contribution in [-0.2, 0) is 0 Å². The van der Waals surface area contributed by atoms with Gasteiger partial charge in [0.15, 0.2) is 0 Å². The fraction of sp³-hybridized carbons (Fsp3) is 0.263. The summed E-state index contributed by atoms with van der Waals surface area (Å²) >= 11 is 6.28. The normalized spacial score (nSPS) is 14.1. The van der Waals surface area contributed by atoms with Crippen molar-refractivity contribution >= 4 is 23.2 Å². The van der Waals surface area contributed by atoms with Crippen LogP contribution in [0.3, 0.4) is 0 Å². The van der Waals surface area contributed by atoms with Crippen LogP contribution < -0.4 is 9.64 Å². The molecular formula is C19H18ClN3O2. The van der Waals surface area contributed by atoms with Crippen molar-refractivity contribution in [1.29, 1.82) is 5.26 Å². The molecule has 2 aromatic carbocycles. The van der Waals surface area contributed by atoms with Crippen LogP contribution in [0.1, 0.15) is 15.9 Å². The van der Waals surface area contributed by atoms with Crippen LogP contribution in [-0.4, -0.2) is 44.1 Å². The standard InChI is InChI=1S/C19H18ClN3O2/c1-25-16-6-2-4-14(12-16)19(24)23-10-8-22(9-11-23)18-15(13-21)5-3-7-17(18)20/h2-7,12H,8-11H2,1H3. The van der Waals surface area contributed by atoms with Crippen LogP contribution in [0, 0.1) is 11.3 Å². The molecule has 1 aliphatic rings. The van der Waals surface area contributed by atoms with Crippen LogP contribution in [0.25, 0.3) is 0 Å². The lowest BCUT2D eigenvalue weighted by atomic mass is 10.1. The molecule has 25 heavy (non-hydrogen) atoms. The number of ether oxygens (including phenoxy) is 1. The Morgan fingerprint density at radius 2 is 1.88 bits per heavy atom. The minimum absolute atomic E-state index is 0.0155. The molecule has 1 amide bonds. The van der Waals surface area contributed by atoms with E-state index in [0.717, 1.165) is 5.69 Å². The highest BCUT2D eigenvalue weighted by atomic mass is 35.5. The highest BCUT2D eigenvalue weighted by molar-refractivity contribution is 6.33. The largest absolute Gasteiger partial charge is 0.497 e. The third-order valence-corrected chi connectivity index (χ3v) is 4.61. The molecule has 0 bridgehead atoms. The number of amides is 1. The Bertz CT molecular complexity index is 824. The van der Waals surface area contributed by atoms with Gasteiger partial charge < -0.3 is 14.5 Å². The molecule has 0 aliphatic carbocycles. The lowest BCUT2D eigenvalue weighted by Crippen LogP contribution is -2.49. The Balaban J connectivity index is 1.72. The average molecular weight is 356 g/mol. The third kappa shape index (κ3) is 3.54. The van der Waals surface area contributed by atoms with Crippen molar-refractivity contribution in [3.8, 4) is 11.8 Å². The summed E-state index contributed by atoms with van der Waals surface area (Å²) in [5.74, 6) is 0.650. The number of hydrogen-bond donors (Lipinski definition) is 0. The maximum absolute atomic E-state index is 12.7. The second kappa shape index (κ2) is 7.45. The van der Waals surface area contributed by atoms with Gasteiger partial charge in [-0.15, -0.1) is 0 Å². The van der Waals surface area contributed by atoms with E-state index in [1.807, 2.05) is 17.0 Å². The molecule has 3 rings (SSSR count). The van der Waals surface area contributed by atoms with E-state index >= 15 is 0 Å². The molecule has 6 heteroatoms. The zero-order valence-electron chi connectivity index (χ0n) is 13.9. The van der Waals surface area contributed by atoms with Crippen LogP contribution >= 0.6 is 11.6 Å². The van der Waals surface area contributed by atoms with Gasteiger partial charge in [-0.05, 0) is 30.3 Å². The molecule has 0 aromatic heterocycles. The van der Waals surface area contributed by atoms with E-state index in [2.05, 4.69) is 11.0 Å². The maximum Gasteiger partial charge on any atom is 0.254 e. The molecule has 128 valence electrons. The minimum atomic E-state index is -0.0155. The van der Waals surface area contributed by atoms with Gasteiger partial charge in [0.2, 0.25) is 0 Å². The molecular weight excluding hydrogens is 338 g/mol. The molecule has 5 nitrogen and oxygen atoms in total. The van der Waals surface area contributed by atoms with Gasteiger partial charge in [0.05, 0.1) is 23.4 Å². The smallest absolute Gasteiger partial charge is 0.254 e. The number of benzene rings is 2. The van der Waals surface area contributed by atoms with Crippen molar-refractivity contribution in [1.82, 2.24) is 4.90 Å². The molecule has 1 heterocycles. The number of anilines is 1. The van der Waals surface area contributed by atoms with E-state index in [0.29, 0.717) is 48.1 Å². The van der Waals surface area contributed by atoms with E-state index in [-0.39, 0.29) is 5.91 Å². The minimum Gasteiger partial charge on any atom is -0.497 e. The Labute approximate surface area is 152 Å². The molecule has 2 aromatic rings. The van der Waals surface area contributed by atoms with Crippen LogP contribution in [0.15, 0.2) is 42.5 Å². The number of nitrogens with zero attached hydrogens (tertiary/aromatic N) is 3. The topological polar surface area (TPSA) is 56.6 Å². The Morgan fingerprint density at radius 1 is 1.16 bits per heavy atom. The predicted molar refractivity (Wildman–Crippen MR) is 97.3 cm³/mol. The third-order valence-electron chi connectivity index (χ3n) is 4.31. The van der Waals surface area contributed by atoms with Gasteiger partial charge in [0, 0.05) is 31.7 Å². The van der Waals surface area contributed by atoms with E-state index in [9.17, 15) is 10.1 Å². The summed E-state index contributed by atoms with van der Waals surface area (Å²) in [7, 11) is 1.58. The number of methoxy groups -OCH3 is 1. The Morgan fingerprint density at radius 3 is 2.56 bits per heavy atom. The monoisotopic (exact) mass is 355 g/mol. The summed E-state index contributed by atoms with van der Waals surface area (Å²) in [6.07, 6.45) is 0. The first-order chi connectivity index (χ1) is 12.1. The SMILES string of the molecule is COc1cccc(C(=O)N2CCN(c3c(Cl)cccc3C#N)CC2)c1. The van der Waals surface area contributed by atoms with Gasteiger partial charge in [-0.3, -0.25) is 4.79 Å². The number of nitriles is 1. The Hall–Kier alpha value is -2.71. The van der Waals surface area contributed by atoms with Crippen LogP contribution in [0.2, 0.25) is 5.02 Å². The molecule has 0 unspecified atom stereocenters. The van der Waals surface area contributed by atoms with Crippen LogP contribution in [0.5, 0.6) is 5.75 Å². The molecule has 1 saturated heterocycles. The summed E-state index contributed by atoms with van der Waals surface area (Å²) < 4.78 is 5.18. The van der Waals surface area contributed by atoms with Gasteiger partial charge in [0.25, 0.3) is 5.91 Å². The zero-order chi connectivity index (χ0) is 17.8. The second-order valence-corrected chi connectivity index (χ2v) is 6.17. The average Bonchev–Trinajstić information content (AvgIpc) is 2.67. The highest BCUT2D eigenvalue weighted by Gasteiger charge is 2.25. The Kier molecular flexibility index (Phi) is 5.11. The number of carbonyl (C=O) groups is 1. The molecule has 0 saturated carbocycles. The van der Waals surface area contributed by atoms with Gasteiger partial charge in [-0.2, -0.15) is 5.26 Å². The molecule has 0 spiro atoms. The molecule has 1 aliphatic heterocycles. The van der Waals surface area contributed by atoms with Gasteiger partial charge >= 0.3 is 0 Å². The van der Waals surface area contributed by atoms with Gasteiger partial charge in [0.1, 0.15) is 11.8 Å². The number of rotatable bonds is 3. The van der Waals surface area contributed by atoms with Crippen molar-refractivity contribution in [2.75, 3.05) is 38.2 Å². The lowest BCUT2D eigenvalue weighted by molar-refractivity contribution is 0.0746. The predicted octanol–water partition coefficient (Wildman–Crippen LogP) is 3.18. The van der Waals surface area contributed by atoms with Crippen molar-refractivity contribution in [3.63, 3.8) is 0 Å². The number of halogens is 1. The summed E-state index contributed by atoms with van der Waals surface area (Å²) in [6, 6.07) is 14.7. The number of piperazine rings is 1.